The zero-order valence-corrected chi connectivity index (χ0v) is 16.4. The third-order valence-corrected chi connectivity index (χ3v) is 5.47. The maximum Gasteiger partial charge on any atom is 0.349 e. The van der Waals surface area contributed by atoms with Gasteiger partial charge in [-0.1, -0.05) is 11.8 Å². The number of hydrogen-bond acceptors (Lipinski definition) is 7. The number of carbonyl (C=O) groups excluding carboxylic acids is 2. The summed E-state index contributed by atoms with van der Waals surface area (Å²) in [6.45, 7) is 0. The molecule has 0 saturated carbocycles. The second-order valence-electron chi connectivity index (χ2n) is 5.52. The molecule has 0 atom stereocenters. The molecule has 160 valence electrons. The molecule has 0 amide bonds. The van der Waals surface area contributed by atoms with Gasteiger partial charge in [0, 0.05) is 0 Å². The van der Waals surface area contributed by atoms with E-state index in [1.807, 2.05) is 0 Å². The molecular formula is C18H8F2O9S2. The highest BCUT2D eigenvalue weighted by Gasteiger charge is 2.28. The van der Waals surface area contributed by atoms with Crippen LogP contribution in [0, 0.1) is 36.3 Å². The fraction of sp³-hybridized carbons (Fsp3) is 0. The van der Waals surface area contributed by atoms with Crippen molar-refractivity contribution >= 4 is 32.2 Å². The lowest BCUT2D eigenvalue weighted by molar-refractivity contribution is 0.0391. The number of ether oxygens (including phenoxy) is 1. The molecule has 0 heterocycles. The Morgan fingerprint density at radius 2 is 1.10 bits per heavy atom. The summed E-state index contributed by atoms with van der Waals surface area (Å²) in [5, 5.41) is 0. The lowest BCUT2D eigenvalue weighted by Crippen LogP contribution is -2.18. The molecule has 0 aromatic heterocycles. The Balaban J connectivity index is 2.48. The molecular weight excluding hydrogens is 462 g/mol. The first-order valence-electron chi connectivity index (χ1n) is 7.53. The van der Waals surface area contributed by atoms with Gasteiger partial charge in [0.05, 0.1) is 22.3 Å². The molecule has 13 heteroatoms. The molecule has 2 aromatic rings. The van der Waals surface area contributed by atoms with Crippen LogP contribution in [0.5, 0.6) is 0 Å². The van der Waals surface area contributed by atoms with Crippen LogP contribution in [0.4, 0.5) is 8.78 Å². The van der Waals surface area contributed by atoms with Crippen LogP contribution in [-0.4, -0.2) is 37.9 Å². The first-order valence-corrected chi connectivity index (χ1v) is 10.4. The standard InChI is InChI=1S/C18H8F2O9S2/c1-3-9-13(30(23,24)25)7-5-11(15(9)19)17(21)29-18(22)12-6-8-14(31(26,27)28)10(4-2)16(12)20/h1-2,5-8H,(H,23,24,25)(H,26,27,28). The van der Waals surface area contributed by atoms with Crippen LogP contribution in [0.15, 0.2) is 34.1 Å². The van der Waals surface area contributed by atoms with Gasteiger partial charge < -0.3 is 4.74 Å². The molecule has 2 rings (SSSR count). The number of halogens is 2. The van der Waals surface area contributed by atoms with Gasteiger partial charge in [-0.2, -0.15) is 16.8 Å². The van der Waals surface area contributed by atoms with Crippen molar-refractivity contribution in [3.05, 3.63) is 58.2 Å². The van der Waals surface area contributed by atoms with E-state index in [1.54, 1.807) is 11.8 Å². The number of benzene rings is 2. The quantitative estimate of drug-likeness (QED) is 0.292. The van der Waals surface area contributed by atoms with Crippen LogP contribution in [0.1, 0.15) is 31.8 Å². The van der Waals surface area contributed by atoms with Gasteiger partial charge in [-0.25, -0.2) is 18.4 Å². The van der Waals surface area contributed by atoms with Crippen LogP contribution in [0.2, 0.25) is 0 Å². The van der Waals surface area contributed by atoms with Gasteiger partial charge in [-0.05, 0) is 24.3 Å². The normalized spacial score (nSPS) is 11.3. The van der Waals surface area contributed by atoms with Crippen LogP contribution in [0.3, 0.4) is 0 Å². The van der Waals surface area contributed by atoms with Crippen molar-refractivity contribution in [2.75, 3.05) is 0 Å². The van der Waals surface area contributed by atoms with Gasteiger partial charge in [0.15, 0.2) is 11.6 Å². The summed E-state index contributed by atoms with van der Waals surface area (Å²) in [4.78, 5) is 22.2. The van der Waals surface area contributed by atoms with Crippen molar-refractivity contribution in [1.82, 2.24) is 0 Å². The highest BCUT2D eigenvalue weighted by atomic mass is 32.2. The second kappa shape index (κ2) is 8.25. The monoisotopic (exact) mass is 470 g/mol. The molecule has 0 bridgehead atoms. The minimum absolute atomic E-state index is 0.541. The third-order valence-electron chi connectivity index (χ3n) is 3.68. The van der Waals surface area contributed by atoms with E-state index in [0.29, 0.717) is 24.3 Å². The van der Waals surface area contributed by atoms with E-state index in [9.17, 15) is 35.2 Å². The van der Waals surface area contributed by atoms with Crippen molar-refractivity contribution in [3.8, 4) is 24.7 Å². The van der Waals surface area contributed by atoms with Gasteiger partial charge in [0.25, 0.3) is 20.2 Å². The number of hydrogen-bond donors (Lipinski definition) is 2. The summed E-state index contributed by atoms with van der Waals surface area (Å²) in [6, 6.07) is 2.23. The Hall–Kier alpha value is -3.62. The fourth-order valence-electron chi connectivity index (χ4n) is 2.33. The largest absolute Gasteiger partial charge is 0.386 e. The van der Waals surface area contributed by atoms with Crippen molar-refractivity contribution in [3.63, 3.8) is 0 Å². The summed E-state index contributed by atoms with van der Waals surface area (Å²) in [6.07, 6.45) is 9.98. The van der Waals surface area contributed by atoms with E-state index in [4.69, 9.17) is 22.0 Å². The molecule has 2 aromatic carbocycles. The first-order chi connectivity index (χ1) is 14.2. The van der Waals surface area contributed by atoms with Gasteiger partial charge >= 0.3 is 11.9 Å². The van der Waals surface area contributed by atoms with E-state index in [2.05, 4.69) is 4.74 Å². The molecule has 0 fully saturated rings. The predicted octanol–water partition coefficient (Wildman–Crippen LogP) is 1.42. The summed E-state index contributed by atoms with van der Waals surface area (Å²) in [5.41, 5.74) is -4.10. The fourth-order valence-corrected chi connectivity index (χ4v) is 3.62. The molecule has 0 saturated heterocycles. The van der Waals surface area contributed by atoms with Crippen LogP contribution in [-0.2, 0) is 25.0 Å². The lowest BCUT2D eigenvalue weighted by Gasteiger charge is -2.10. The Labute approximate surface area is 174 Å². The molecule has 0 radical (unpaired) electrons. The summed E-state index contributed by atoms with van der Waals surface area (Å²) in [5.74, 6) is -3.44. The van der Waals surface area contributed by atoms with Crippen molar-refractivity contribution in [2.45, 2.75) is 9.79 Å². The van der Waals surface area contributed by atoms with E-state index in [0.717, 1.165) is 0 Å². The van der Waals surface area contributed by atoms with E-state index in [1.165, 1.54) is 0 Å². The van der Waals surface area contributed by atoms with E-state index in [-0.39, 0.29) is 0 Å². The summed E-state index contributed by atoms with van der Waals surface area (Å²) < 4.78 is 96.1. The van der Waals surface area contributed by atoms with Crippen molar-refractivity contribution in [2.24, 2.45) is 0 Å². The first kappa shape index (κ1) is 23.7. The molecule has 0 aliphatic heterocycles. The number of esters is 2. The van der Waals surface area contributed by atoms with Crippen molar-refractivity contribution in [1.29, 1.82) is 0 Å². The Morgan fingerprint density at radius 1 is 0.774 bits per heavy atom. The summed E-state index contributed by atoms with van der Waals surface area (Å²) in [7, 11) is -9.89. The Morgan fingerprint density at radius 3 is 1.35 bits per heavy atom. The minimum Gasteiger partial charge on any atom is -0.386 e. The minimum atomic E-state index is -4.95. The zero-order chi connectivity index (χ0) is 23.7. The number of terminal acetylenes is 2. The highest BCUT2D eigenvalue weighted by molar-refractivity contribution is 7.86. The predicted molar refractivity (Wildman–Crippen MR) is 98.0 cm³/mol. The topological polar surface area (TPSA) is 152 Å². The SMILES string of the molecule is C#Cc1c(S(=O)(=O)O)ccc(C(=O)OC(=O)c2ccc(S(=O)(=O)O)c(C#C)c2F)c1F. The van der Waals surface area contributed by atoms with E-state index >= 15 is 0 Å². The molecule has 0 aliphatic rings. The Kier molecular flexibility index (Phi) is 6.30. The average molecular weight is 470 g/mol. The van der Waals surface area contributed by atoms with Gasteiger partial charge in [-0.15, -0.1) is 12.8 Å². The summed E-state index contributed by atoms with van der Waals surface area (Å²) >= 11 is 0. The molecule has 0 aliphatic carbocycles. The second-order valence-corrected chi connectivity index (χ2v) is 8.30. The molecule has 0 spiro atoms. The molecule has 9 nitrogen and oxygen atoms in total. The lowest BCUT2D eigenvalue weighted by atomic mass is 10.1. The maximum absolute atomic E-state index is 14.4. The molecule has 31 heavy (non-hydrogen) atoms. The van der Waals surface area contributed by atoms with Crippen LogP contribution in [0.25, 0.3) is 0 Å². The number of carbonyl (C=O) groups is 2. The number of rotatable bonds is 4. The van der Waals surface area contributed by atoms with Gasteiger partial charge in [-0.3, -0.25) is 9.11 Å². The third kappa shape index (κ3) is 4.60. The molecule has 2 N–H and O–H groups in total. The zero-order valence-electron chi connectivity index (χ0n) is 14.8. The Bertz CT molecular complexity index is 1320. The smallest absolute Gasteiger partial charge is 0.349 e. The van der Waals surface area contributed by atoms with Crippen molar-refractivity contribution < 1.29 is 49.0 Å². The van der Waals surface area contributed by atoms with Gasteiger partial charge in [0.2, 0.25) is 0 Å². The highest BCUT2D eigenvalue weighted by Crippen LogP contribution is 2.24. The average Bonchev–Trinajstić information content (AvgIpc) is 2.65. The van der Waals surface area contributed by atoms with Crippen LogP contribution < -0.4 is 0 Å². The maximum atomic E-state index is 14.4. The van der Waals surface area contributed by atoms with E-state index < -0.39 is 75.9 Å². The van der Waals surface area contributed by atoms with Crippen LogP contribution >= 0.6 is 0 Å². The molecule has 0 unspecified atom stereocenters. The van der Waals surface area contributed by atoms with Gasteiger partial charge in [0.1, 0.15) is 9.79 Å².